The number of rotatable bonds is 11. The molecule has 3 aliphatic heterocycles. The molecule has 1 saturated carbocycles. The molecule has 3 fully saturated rings. The van der Waals surface area contributed by atoms with Crippen molar-refractivity contribution in [2.24, 2.45) is 0 Å². The third-order valence-electron chi connectivity index (χ3n) is 11.6. The second-order valence-corrected chi connectivity index (χ2v) is 14.9. The molecule has 1 amide bonds. The number of hydrogen-bond donors (Lipinski definition) is 2. The summed E-state index contributed by atoms with van der Waals surface area (Å²) in [5.74, 6) is 3.55. The second kappa shape index (κ2) is 17.2. The van der Waals surface area contributed by atoms with Crippen LogP contribution in [0.5, 0.6) is 11.8 Å². The summed E-state index contributed by atoms with van der Waals surface area (Å²) < 4.78 is 18.4. The standard InChI is InChI=1S/C42H51N7O5/c1-4-28-8-5-9-29-22-33(50)23-35(40(28)29)38-24-37-36(27-53-38)41(46-42(45-37)54-26-32-10-7-19-47(32)2)48-20-21-49(31(25-48)16-17-43)39(51)11-6-18-44-30-12-14-34(52-3)15-13-30/h1,5-6,8-9,11,22-23,30-32,34,38,44,50H,7,10,12-16,18-21,24-27H2,2-3H3/b11-6+/t30?,31-,32-,34?,38?/m0/s1. The van der Waals surface area contributed by atoms with Gasteiger partial charge in [0.1, 0.15) is 18.2 Å². The molecule has 4 heterocycles. The number of hydrogen-bond acceptors (Lipinski definition) is 11. The monoisotopic (exact) mass is 733 g/mol. The van der Waals surface area contributed by atoms with E-state index in [1.165, 1.54) is 0 Å². The van der Waals surface area contributed by atoms with Gasteiger partial charge < -0.3 is 39.3 Å². The molecule has 284 valence electrons. The number of nitrogens with zero attached hydrogens (tertiary/aromatic N) is 6. The first-order valence-corrected chi connectivity index (χ1v) is 19.3. The molecule has 4 aliphatic rings. The molecule has 0 bridgehead atoms. The van der Waals surface area contributed by atoms with Gasteiger partial charge in [-0.25, -0.2) is 0 Å². The first-order chi connectivity index (χ1) is 26.3. The van der Waals surface area contributed by atoms with E-state index < -0.39 is 6.10 Å². The molecule has 0 spiro atoms. The molecule has 1 aromatic heterocycles. The Kier molecular flexibility index (Phi) is 12.0. The van der Waals surface area contributed by atoms with E-state index in [9.17, 15) is 15.2 Å². The van der Waals surface area contributed by atoms with Crippen LogP contribution in [0.15, 0.2) is 42.5 Å². The fourth-order valence-corrected chi connectivity index (χ4v) is 8.55. The fourth-order valence-electron chi connectivity index (χ4n) is 8.55. The summed E-state index contributed by atoms with van der Waals surface area (Å²) in [4.78, 5) is 29.7. The lowest BCUT2D eigenvalue weighted by atomic mass is 9.92. The van der Waals surface area contributed by atoms with Gasteiger partial charge in [-0.15, -0.1) is 6.42 Å². The third-order valence-corrected chi connectivity index (χ3v) is 11.6. The normalized spacial score (nSPS) is 24.7. The van der Waals surface area contributed by atoms with Crippen molar-refractivity contribution in [2.75, 3.05) is 58.4 Å². The highest BCUT2D eigenvalue weighted by Gasteiger charge is 2.35. The highest BCUT2D eigenvalue weighted by atomic mass is 16.5. The number of phenolic OH excluding ortho intramolecular Hbond substituents is 1. The lowest BCUT2D eigenvalue weighted by molar-refractivity contribution is -0.128. The number of carbonyl (C=O) groups excluding carboxylic acids is 1. The predicted molar refractivity (Wildman–Crippen MR) is 206 cm³/mol. The fraction of sp³-hybridized carbons (Fsp3) is 0.524. The number of terminal acetylenes is 1. The number of piperazine rings is 1. The molecule has 7 rings (SSSR count). The van der Waals surface area contributed by atoms with Crippen molar-refractivity contribution in [1.29, 1.82) is 5.26 Å². The van der Waals surface area contributed by atoms with Gasteiger partial charge in [0.05, 0.1) is 43.0 Å². The lowest BCUT2D eigenvalue weighted by Crippen LogP contribution is -2.55. The minimum absolute atomic E-state index is 0.0925. The van der Waals surface area contributed by atoms with Crippen LogP contribution in [0, 0.1) is 23.7 Å². The number of amides is 1. The highest BCUT2D eigenvalue weighted by Crippen LogP contribution is 2.40. The number of phenols is 1. The van der Waals surface area contributed by atoms with E-state index in [0.717, 1.165) is 78.2 Å². The number of nitrogens with one attached hydrogen (secondary N) is 1. The Balaban J connectivity index is 1.11. The largest absolute Gasteiger partial charge is 0.508 e. The first-order valence-electron chi connectivity index (χ1n) is 19.3. The number of fused-ring (bicyclic) bond motifs is 2. The third kappa shape index (κ3) is 8.33. The molecule has 3 aromatic rings. The quantitative estimate of drug-likeness (QED) is 0.211. The van der Waals surface area contributed by atoms with E-state index in [1.54, 1.807) is 25.3 Å². The van der Waals surface area contributed by atoms with Gasteiger partial charge in [-0.3, -0.25) is 4.79 Å². The maximum absolute atomic E-state index is 13.5. The van der Waals surface area contributed by atoms with Crippen molar-refractivity contribution in [3.63, 3.8) is 0 Å². The zero-order valence-electron chi connectivity index (χ0n) is 31.4. The van der Waals surface area contributed by atoms with Gasteiger partial charge in [0.15, 0.2) is 0 Å². The molecule has 2 saturated heterocycles. The van der Waals surface area contributed by atoms with E-state index in [1.807, 2.05) is 29.2 Å². The van der Waals surface area contributed by atoms with Crippen LogP contribution in [0.2, 0.25) is 0 Å². The average molecular weight is 734 g/mol. The van der Waals surface area contributed by atoms with E-state index in [0.29, 0.717) is 63.2 Å². The van der Waals surface area contributed by atoms with Crippen LogP contribution in [0.4, 0.5) is 5.82 Å². The number of ether oxygens (including phenoxy) is 3. The van der Waals surface area contributed by atoms with Crippen LogP contribution in [0.1, 0.15) is 73.4 Å². The number of aromatic hydroxyl groups is 1. The maximum Gasteiger partial charge on any atom is 0.318 e. The summed E-state index contributed by atoms with van der Waals surface area (Å²) in [6.45, 7) is 3.78. The average Bonchev–Trinajstić information content (AvgIpc) is 3.61. The van der Waals surface area contributed by atoms with Gasteiger partial charge in [0.25, 0.3) is 0 Å². The van der Waals surface area contributed by atoms with Crippen LogP contribution in [-0.2, 0) is 27.3 Å². The number of likely N-dealkylation sites (N-methyl/N-ethyl adjacent to an activating group) is 1. The number of anilines is 1. The molecule has 1 unspecified atom stereocenters. The molecule has 1 aliphatic carbocycles. The minimum atomic E-state index is -0.416. The molecule has 0 radical (unpaired) electrons. The Morgan fingerprint density at radius 1 is 1.15 bits per heavy atom. The van der Waals surface area contributed by atoms with Crippen LogP contribution in [0.3, 0.4) is 0 Å². The Morgan fingerprint density at radius 2 is 2.00 bits per heavy atom. The number of nitriles is 1. The Labute approximate surface area is 318 Å². The van der Waals surface area contributed by atoms with Crippen LogP contribution < -0.4 is 15.0 Å². The number of benzene rings is 2. The van der Waals surface area contributed by atoms with Crippen molar-refractivity contribution in [2.45, 2.75) is 88.3 Å². The van der Waals surface area contributed by atoms with E-state index in [-0.39, 0.29) is 36.8 Å². The van der Waals surface area contributed by atoms with Gasteiger partial charge in [0.2, 0.25) is 5.91 Å². The topological polar surface area (TPSA) is 136 Å². The van der Waals surface area contributed by atoms with Crippen LogP contribution >= 0.6 is 0 Å². The zero-order valence-corrected chi connectivity index (χ0v) is 31.4. The van der Waals surface area contributed by atoms with Gasteiger partial charge in [-0.1, -0.05) is 24.1 Å². The van der Waals surface area contributed by atoms with Crippen molar-refractivity contribution < 1.29 is 24.1 Å². The Bertz CT molecular complexity index is 1930. The predicted octanol–water partition coefficient (Wildman–Crippen LogP) is 4.64. The minimum Gasteiger partial charge on any atom is -0.508 e. The second-order valence-electron chi connectivity index (χ2n) is 14.9. The number of methoxy groups -OCH3 is 1. The van der Waals surface area contributed by atoms with Crippen LogP contribution in [-0.4, -0.2) is 108 Å². The van der Waals surface area contributed by atoms with Gasteiger partial charge in [-0.2, -0.15) is 15.2 Å². The Hall–Kier alpha value is -4.72. The van der Waals surface area contributed by atoms with E-state index in [2.05, 4.69) is 34.2 Å². The summed E-state index contributed by atoms with van der Waals surface area (Å²) in [6.07, 6.45) is 16.4. The molecule has 54 heavy (non-hydrogen) atoms. The summed E-state index contributed by atoms with van der Waals surface area (Å²) in [7, 11) is 3.89. The highest BCUT2D eigenvalue weighted by molar-refractivity contribution is 5.92. The van der Waals surface area contributed by atoms with E-state index >= 15 is 0 Å². The van der Waals surface area contributed by atoms with Crippen LogP contribution in [0.25, 0.3) is 10.8 Å². The molecule has 12 nitrogen and oxygen atoms in total. The molecule has 2 aromatic carbocycles. The summed E-state index contributed by atoms with van der Waals surface area (Å²) in [6, 6.07) is 12.2. The molecule has 2 N–H and O–H groups in total. The summed E-state index contributed by atoms with van der Waals surface area (Å²) >= 11 is 0. The number of aromatic nitrogens is 2. The van der Waals surface area contributed by atoms with Crippen molar-refractivity contribution >= 4 is 22.5 Å². The first kappa shape index (κ1) is 37.6. The van der Waals surface area contributed by atoms with Gasteiger partial charge in [0, 0.05) is 74.4 Å². The maximum atomic E-state index is 13.5. The van der Waals surface area contributed by atoms with Crippen molar-refractivity contribution in [1.82, 2.24) is 25.1 Å². The number of likely N-dealkylation sites (tertiary alicyclic amines) is 1. The number of carbonyl (C=O) groups is 1. The smallest absolute Gasteiger partial charge is 0.318 e. The van der Waals surface area contributed by atoms with Gasteiger partial charge in [-0.05, 0) is 81.3 Å². The van der Waals surface area contributed by atoms with Crippen molar-refractivity contribution in [3.05, 3.63) is 64.9 Å². The van der Waals surface area contributed by atoms with E-state index in [4.69, 9.17) is 30.6 Å². The Morgan fingerprint density at radius 3 is 2.76 bits per heavy atom. The van der Waals surface area contributed by atoms with Crippen molar-refractivity contribution in [3.8, 4) is 30.2 Å². The summed E-state index contributed by atoms with van der Waals surface area (Å²) in [5, 5.41) is 25.8. The molecular formula is C42H51N7O5. The molecule has 3 atom stereocenters. The lowest BCUT2D eigenvalue weighted by Gasteiger charge is -2.42. The SMILES string of the molecule is C#Cc1cccc2cc(O)cc(C3Cc4nc(OC[C@@H]5CCCN5C)nc(N5CCN(C(=O)/C=C/CNC6CCC(OC)CC6)[C@@H](CC#N)C5)c4CO3)c12. The molecule has 12 heteroatoms. The van der Waals surface area contributed by atoms with Gasteiger partial charge >= 0.3 is 6.01 Å². The molecular weight excluding hydrogens is 683 g/mol. The zero-order chi connectivity index (χ0) is 37.6. The summed E-state index contributed by atoms with van der Waals surface area (Å²) in [5.41, 5.74) is 3.21.